The van der Waals surface area contributed by atoms with Crippen LogP contribution in [0.2, 0.25) is 0 Å². The lowest BCUT2D eigenvalue weighted by Gasteiger charge is -2.26. The highest BCUT2D eigenvalue weighted by atomic mass is 16.5. The second kappa shape index (κ2) is 4.82. The van der Waals surface area contributed by atoms with Crippen molar-refractivity contribution in [2.75, 3.05) is 6.61 Å². The maximum absolute atomic E-state index is 12.1. The van der Waals surface area contributed by atoms with E-state index in [1.165, 1.54) is 12.8 Å². The molecule has 2 nitrogen and oxygen atoms in total. The molecule has 1 aliphatic carbocycles. The summed E-state index contributed by atoms with van der Waals surface area (Å²) in [4.78, 5) is 12.1. The average Bonchev–Trinajstić information content (AvgIpc) is 2.30. The van der Waals surface area contributed by atoms with E-state index in [2.05, 4.69) is 6.92 Å². The van der Waals surface area contributed by atoms with Crippen molar-refractivity contribution in [3.05, 3.63) is 11.8 Å². The van der Waals surface area contributed by atoms with Crippen molar-refractivity contribution in [3.63, 3.8) is 0 Å². The van der Waals surface area contributed by atoms with E-state index in [1.807, 2.05) is 0 Å². The molecular weight excluding hydrogens is 188 g/mol. The van der Waals surface area contributed by atoms with Gasteiger partial charge in [0, 0.05) is 11.5 Å². The summed E-state index contributed by atoms with van der Waals surface area (Å²) in [6.45, 7) is 3.06. The van der Waals surface area contributed by atoms with Crippen LogP contribution >= 0.6 is 0 Å². The van der Waals surface area contributed by atoms with Gasteiger partial charge in [0.2, 0.25) is 0 Å². The lowest BCUT2D eigenvalue weighted by atomic mass is 9.79. The van der Waals surface area contributed by atoms with Crippen LogP contribution in [0, 0.1) is 11.8 Å². The van der Waals surface area contributed by atoms with Gasteiger partial charge in [0.1, 0.15) is 0 Å². The van der Waals surface area contributed by atoms with Crippen molar-refractivity contribution < 1.29 is 9.53 Å². The van der Waals surface area contributed by atoms with E-state index in [0.717, 1.165) is 43.8 Å². The Morgan fingerprint density at radius 1 is 1.33 bits per heavy atom. The first-order valence-electron chi connectivity index (χ1n) is 6.12. The number of ketones is 1. The molecule has 0 spiro atoms. The van der Waals surface area contributed by atoms with E-state index in [1.54, 1.807) is 6.26 Å². The molecule has 0 aromatic rings. The van der Waals surface area contributed by atoms with Gasteiger partial charge >= 0.3 is 0 Å². The third kappa shape index (κ3) is 2.61. The van der Waals surface area contributed by atoms with E-state index in [-0.39, 0.29) is 5.92 Å². The van der Waals surface area contributed by atoms with Gasteiger partial charge in [0.05, 0.1) is 12.9 Å². The maximum atomic E-state index is 12.1. The average molecular weight is 208 g/mol. The molecule has 1 saturated carbocycles. The predicted octanol–water partition coefficient (Wildman–Crippen LogP) is 3.08. The Hall–Kier alpha value is -0.790. The van der Waals surface area contributed by atoms with Crippen LogP contribution in [0.25, 0.3) is 0 Å². The normalized spacial score (nSPS) is 31.7. The first-order valence-corrected chi connectivity index (χ1v) is 6.12. The van der Waals surface area contributed by atoms with Crippen LogP contribution in [0.15, 0.2) is 11.8 Å². The van der Waals surface area contributed by atoms with Gasteiger partial charge in [-0.05, 0) is 31.6 Å². The number of carbonyl (C=O) groups excluding carboxylic acids is 1. The SMILES string of the molecule is CC1CCC(C(=O)C2=COCCC2)CC1. The van der Waals surface area contributed by atoms with Gasteiger partial charge in [0.15, 0.2) is 5.78 Å². The van der Waals surface area contributed by atoms with Gasteiger partial charge in [-0.1, -0.05) is 19.8 Å². The molecule has 1 heterocycles. The van der Waals surface area contributed by atoms with Crippen molar-refractivity contribution in [1.82, 2.24) is 0 Å². The largest absolute Gasteiger partial charge is 0.501 e. The summed E-state index contributed by atoms with van der Waals surface area (Å²) >= 11 is 0. The summed E-state index contributed by atoms with van der Waals surface area (Å²) in [5.74, 6) is 1.46. The quantitative estimate of drug-likeness (QED) is 0.697. The lowest BCUT2D eigenvalue weighted by molar-refractivity contribution is -0.120. The van der Waals surface area contributed by atoms with Crippen LogP contribution in [-0.2, 0) is 9.53 Å². The van der Waals surface area contributed by atoms with Crippen molar-refractivity contribution in [2.45, 2.75) is 45.4 Å². The maximum Gasteiger partial charge on any atom is 0.164 e. The van der Waals surface area contributed by atoms with Gasteiger partial charge in [-0.25, -0.2) is 0 Å². The van der Waals surface area contributed by atoms with E-state index in [0.29, 0.717) is 5.78 Å². The number of allylic oxidation sites excluding steroid dienone is 1. The summed E-state index contributed by atoms with van der Waals surface area (Å²) in [6, 6.07) is 0. The first kappa shape index (κ1) is 10.7. The van der Waals surface area contributed by atoms with Crippen LogP contribution in [0.3, 0.4) is 0 Å². The van der Waals surface area contributed by atoms with Crippen molar-refractivity contribution in [1.29, 1.82) is 0 Å². The second-order valence-electron chi connectivity index (χ2n) is 4.94. The van der Waals surface area contributed by atoms with E-state index in [9.17, 15) is 4.79 Å². The minimum absolute atomic E-state index is 0.286. The molecule has 0 amide bonds. The molecule has 1 fully saturated rings. The Balaban J connectivity index is 1.92. The highest BCUT2D eigenvalue weighted by Crippen LogP contribution is 2.31. The molecule has 1 aliphatic heterocycles. The van der Waals surface area contributed by atoms with Crippen molar-refractivity contribution >= 4 is 5.78 Å². The Bertz CT molecular complexity index is 260. The predicted molar refractivity (Wildman–Crippen MR) is 59.4 cm³/mol. The number of hydrogen-bond acceptors (Lipinski definition) is 2. The summed E-state index contributed by atoms with van der Waals surface area (Å²) in [6.07, 6.45) is 8.21. The molecule has 84 valence electrons. The van der Waals surface area contributed by atoms with Gasteiger partial charge in [-0.15, -0.1) is 0 Å². The van der Waals surface area contributed by atoms with E-state index in [4.69, 9.17) is 4.74 Å². The van der Waals surface area contributed by atoms with Crippen LogP contribution in [0.1, 0.15) is 45.4 Å². The minimum Gasteiger partial charge on any atom is -0.501 e. The fourth-order valence-corrected chi connectivity index (χ4v) is 2.53. The van der Waals surface area contributed by atoms with Crippen LogP contribution in [0.4, 0.5) is 0 Å². The standard InChI is InChI=1S/C13H20O2/c1-10-4-6-11(7-5-10)13(14)12-3-2-8-15-9-12/h9-11H,2-8H2,1H3. The molecule has 0 aromatic heterocycles. The Labute approximate surface area is 91.7 Å². The molecule has 0 bridgehead atoms. The highest BCUT2D eigenvalue weighted by molar-refractivity contribution is 5.97. The number of Topliss-reactive ketones (excluding diaryl/α,β-unsaturated/α-hetero) is 1. The highest BCUT2D eigenvalue weighted by Gasteiger charge is 2.27. The summed E-state index contributed by atoms with van der Waals surface area (Å²) in [5.41, 5.74) is 0.931. The summed E-state index contributed by atoms with van der Waals surface area (Å²) in [5, 5.41) is 0. The number of ether oxygens (including phenoxy) is 1. The van der Waals surface area contributed by atoms with Gasteiger partial charge in [0.25, 0.3) is 0 Å². The third-order valence-corrected chi connectivity index (χ3v) is 3.64. The zero-order valence-electron chi connectivity index (χ0n) is 9.50. The van der Waals surface area contributed by atoms with Gasteiger partial charge < -0.3 is 4.74 Å². The molecule has 0 atom stereocenters. The summed E-state index contributed by atoms with van der Waals surface area (Å²) in [7, 11) is 0. The summed E-state index contributed by atoms with van der Waals surface area (Å²) < 4.78 is 5.23. The molecule has 0 N–H and O–H groups in total. The van der Waals surface area contributed by atoms with Crippen LogP contribution < -0.4 is 0 Å². The zero-order valence-corrected chi connectivity index (χ0v) is 9.50. The van der Waals surface area contributed by atoms with Crippen molar-refractivity contribution in [2.24, 2.45) is 11.8 Å². The molecule has 0 saturated heterocycles. The Kier molecular flexibility index (Phi) is 3.45. The van der Waals surface area contributed by atoms with Crippen LogP contribution in [-0.4, -0.2) is 12.4 Å². The second-order valence-corrected chi connectivity index (χ2v) is 4.94. The van der Waals surface area contributed by atoms with Gasteiger partial charge in [-0.2, -0.15) is 0 Å². The minimum atomic E-state index is 0.286. The fraction of sp³-hybridized carbons (Fsp3) is 0.769. The van der Waals surface area contributed by atoms with Crippen LogP contribution in [0.5, 0.6) is 0 Å². The molecule has 0 radical (unpaired) electrons. The molecule has 0 unspecified atom stereocenters. The third-order valence-electron chi connectivity index (χ3n) is 3.64. The molecule has 2 rings (SSSR count). The molecule has 2 heteroatoms. The Morgan fingerprint density at radius 3 is 2.67 bits per heavy atom. The lowest BCUT2D eigenvalue weighted by Crippen LogP contribution is -2.23. The molecule has 15 heavy (non-hydrogen) atoms. The smallest absolute Gasteiger partial charge is 0.164 e. The van der Waals surface area contributed by atoms with Gasteiger partial charge in [-0.3, -0.25) is 4.79 Å². The van der Waals surface area contributed by atoms with E-state index >= 15 is 0 Å². The first-order chi connectivity index (χ1) is 7.27. The molecule has 0 aromatic carbocycles. The van der Waals surface area contributed by atoms with Crippen molar-refractivity contribution in [3.8, 4) is 0 Å². The molecule has 2 aliphatic rings. The molecular formula is C13H20O2. The van der Waals surface area contributed by atoms with E-state index < -0.39 is 0 Å². The zero-order chi connectivity index (χ0) is 10.7. The number of hydrogen-bond donors (Lipinski definition) is 0. The fourth-order valence-electron chi connectivity index (χ4n) is 2.53. The monoisotopic (exact) mass is 208 g/mol. The Morgan fingerprint density at radius 2 is 2.07 bits per heavy atom. The number of rotatable bonds is 2. The number of carbonyl (C=O) groups is 1. The topological polar surface area (TPSA) is 26.3 Å².